The van der Waals surface area contributed by atoms with Crippen LogP contribution in [0.2, 0.25) is 18.1 Å². The number of carbonyl (C=O) groups is 1. The Morgan fingerprint density at radius 2 is 1.92 bits per heavy atom. The molecule has 1 rings (SSSR count). The largest absolute Gasteiger partial charge is 0.462 e. The third kappa shape index (κ3) is 12.1. The van der Waals surface area contributed by atoms with Crippen molar-refractivity contribution >= 4 is 14.3 Å². The van der Waals surface area contributed by atoms with Gasteiger partial charge in [-0.1, -0.05) is 57.9 Å². The van der Waals surface area contributed by atoms with E-state index in [0.29, 0.717) is 25.2 Å². The molecule has 6 atom stereocenters. The molecule has 0 aliphatic carbocycles. The highest BCUT2D eigenvalue weighted by atomic mass is 28.4. The summed E-state index contributed by atoms with van der Waals surface area (Å²) in [4.78, 5) is 12.8. The predicted octanol–water partition coefficient (Wildman–Crippen LogP) is 7.33. The molecule has 0 unspecified atom stereocenters. The molecular weight excluding hydrogens is 468 g/mol. The third-order valence-corrected chi connectivity index (χ3v) is 12.5. The van der Waals surface area contributed by atoms with Crippen molar-refractivity contribution in [3.05, 3.63) is 23.3 Å². The Hall–Kier alpha value is -0.953. The maximum Gasteiger partial charge on any atom is 0.306 e. The van der Waals surface area contributed by atoms with Crippen LogP contribution in [-0.2, 0) is 14.0 Å². The third-order valence-electron chi connectivity index (χ3n) is 8.01. The molecule has 0 fully saturated rings. The number of aliphatic hydroxyl groups is 2. The molecule has 5 nitrogen and oxygen atoms in total. The molecule has 210 valence electrons. The fraction of sp³-hybridized carbons (Fsp3) is 0.833. The van der Waals surface area contributed by atoms with Crippen molar-refractivity contribution < 1.29 is 24.2 Å². The van der Waals surface area contributed by atoms with Crippen LogP contribution in [0.3, 0.4) is 0 Å². The SMILES string of the molecule is C/C1=C\C[C@H]([C@@H](C)C/C(C)=C/C[C@H](O)C[C@@H](C)O)OC(=O)CCC[C@H](O[Si](C)(C)C(C)(C)C)[C@@H](C)C1. The molecule has 1 heterocycles. The first kappa shape index (κ1) is 33.1. The lowest BCUT2D eigenvalue weighted by Gasteiger charge is -2.41. The van der Waals surface area contributed by atoms with Crippen LogP contribution >= 0.6 is 0 Å². The molecule has 0 aromatic carbocycles. The van der Waals surface area contributed by atoms with Crippen LogP contribution in [0.4, 0.5) is 0 Å². The van der Waals surface area contributed by atoms with Crippen molar-refractivity contribution in [3.8, 4) is 0 Å². The minimum Gasteiger partial charge on any atom is -0.462 e. The Bertz CT molecular complexity index is 734. The minimum atomic E-state index is -1.90. The predicted molar refractivity (Wildman–Crippen MR) is 152 cm³/mol. The van der Waals surface area contributed by atoms with Gasteiger partial charge in [-0.25, -0.2) is 0 Å². The summed E-state index contributed by atoms with van der Waals surface area (Å²) in [6.07, 6.45) is 8.79. The molecule has 0 aromatic rings. The Balaban J connectivity index is 2.90. The smallest absolute Gasteiger partial charge is 0.306 e. The van der Waals surface area contributed by atoms with E-state index in [1.165, 1.54) is 11.1 Å². The fourth-order valence-corrected chi connectivity index (χ4v) is 6.14. The molecule has 0 bridgehead atoms. The van der Waals surface area contributed by atoms with Gasteiger partial charge in [0.05, 0.1) is 12.2 Å². The summed E-state index contributed by atoms with van der Waals surface area (Å²) in [5, 5.41) is 19.7. The van der Waals surface area contributed by atoms with Crippen LogP contribution in [0.1, 0.15) is 107 Å². The van der Waals surface area contributed by atoms with Gasteiger partial charge in [-0.15, -0.1) is 0 Å². The summed E-state index contributed by atoms with van der Waals surface area (Å²) in [5.41, 5.74) is 2.50. The van der Waals surface area contributed by atoms with Crippen LogP contribution in [0, 0.1) is 11.8 Å². The van der Waals surface area contributed by atoms with E-state index in [2.05, 4.69) is 67.6 Å². The zero-order valence-corrected chi connectivity index (χ0v) is 25.9. The number of allylic oxidation sites excluding steroid dienone is 2. The molecule has 0 saturated heterocycles. The van der Waals surface area contributed by atoms with Crippen molar-refractivity contribution in [1.82, 2.24) is 0 Å². The Morgan fingerprint density at radius 3 is 2.50 bits per heavy atom. The molecule has 36 heavy (non-hydrogen) atoms. The van der Waals surface area contributed by atoms with Crippen molar-refractivity contribution in [1.29, 1.82) is 0 Å². The Morgan fingerprint density at radius 1 is 1.28 bits per heavy atom. The van der Waals surface area contributed by atoms with E-state index in [4.69, 9.17) is 9.16 Å². The molecule has 6 heteroatoms. The Kier molecular flexibility index (Phi) is 13.6. The van der Waals surface area contributed by atoms with Crippen LogP contribution in [-0.4, -0.2) is 48.9 Å². The van der Waals surface area contributed by atoms with Crippen LogP contribution in [0.15, 0.2) is 23.3 Å². The minimum absolute atomic E-state index is 0.119. The van der Waals surface area contributed by atoms with Gasteiger partial charge in [0, 0.05) is 18.9 Å². The lowest BCUT2D eigenvalue weighted by molar-refractivity contribution is -0.151. The molecule has 0 amide bonds. The summed E-state index contributed by atoms with van der Waals surface area (Å²) >= 11 is 0. The van der Waals surface area contributed by atoms with Crippen LogP contribution in [0.5, 0.6) is 0 Å². The first-order valence-electron chi connectivity index (χ1n) is 14.1. The molecule has 2 N–H and O–H groups in total. The number of hydrogen-bond acceptors (Lipinski definition) is 5. The normalized spacial score (nSPS) is 27.7. The quantitative estimate of drug-likeness (QED) is 0.188. The molecule has 0 aromatic heterocycles. The zero-order valence-electron chi connectivity index (χ0n) is 24.9. The first-order chi connectivity index (χ1) is 16.5. The number of hydrogen-bond donors (Lipinski definition) is 2. The molecule has 0 radical (unpaired) electrons. The van der Waals surface area contributed by atoms with Gasteiger partial charge in [0.15, 0.2) is 8.32 Å². The van der Waals surface area contributed by atoms with Gasteiger partial charge in [-0.2, -0.15) is 0 Å². The monoisotopic (exact) mass is 524 g/mol. The molecule has 0 spiro atoms. The van der Waals surface area contributed by atoms with E-state index in [1.54, 1.807) is 6.92 Å². The van der Waals surface area contributed by atoms with Gasteiger partial charge in [-0.3, -0.25) is 4.79 Å². The van der Waals surface area contributed by atoms with E-state index in [0.717, 1.165) is 32.1 Å². The molecule has 1 aliphatic rings. The summed E-state index contributed by atoms with van der Waals surface area (Å²) < 4.78 is 12.8. The highest BCUT2D eigenvalue weighted by Gasteiger charge is 2.40. The fourth-order valence-electron chi connectivity index (χ4n) is 4.68. The standard InChI is InChI=1S/C30H56O5Si/c1-21(14-16-26(32)20-25(5)31)18-23(3)27-17-15-22(2)19-24(4)28(12-11-13-29(33)34-27)35-36(9,10)30(6,7)8/h14-15,23-28,31-32H,11-13,16-20H2,1-10H3/b21-14+,22-15+/t23-,24-,25+,26-,27+,28-/m0/s1. The molecule has 1 aliphatic heterocycles. The second kappa shape index (κ2) is 14.8. The van der Waals surface area contributed by atoms with E-state index < -0.39 is 20.5 Å². The maximum atomic E-state index is 12.8. The van der Waals surface area contributed by atoms with E-state index in [-0.39, 0.29) is 29.1 Å². The number of aliphatic hydroxyl groups excluding tert-OH is 2. The highest BCUT2D eigenvalue weighted by molar-refractivity contribution is 6.74. The average Bonchev–Trinajstić information content (AvgIpc) is 2.72. The van der Waals surface area contributed by atoms with Crippen LogP contribution in [0.25, 0.3) is 0 Å². The van der Waals surface area contributed by atoms with Gasteiger partial charge >= 0.3 is 5.97 Å². The van der Waals surface area contributed by atoms with E-state index >= 15 is 0 Å². The van der Waals surface area contributed by atoms with Gasteiger partial charge < -0.3 is 19.4 Å². The molecule has 0 saturated carbocycles. The Labute approximate surface area is 222 Å². The maximum absolute atomic E-state index is 12.8. The van der Waals surface area contributed by atoms with Crippen molar-refractivity contribution in [3.63, 3.8) is 0 Å². The van der Waals surface area contributed by atoms with Crippen molar-refractivity contribution in [2.24, 2.45) is 11.8 Å². The second-order valence-electron chi connectivity index (χ2n) is 13.0. The number of rotatable bonds is 9. The van der Waals surface area contributed by atoms with Gasteiger partial charge in [0.1, 0.15) is 6.10 Å². The van der Waals surface area contributed by atoms with Crippen LogP contribution < -0.4 is 0 Å². The topological polar surface area (TPSA) is 76.0 Å². The summed E-state index contributed by atoms with van der Waals surface area (Å²) in [7, 11) is -1.90. The van der Waals surface area contributed by atoms with Gasteiger partial charge in [0.25, 0.3) is 0 Å². The van der Waals surface area contributed by atoms with Gasteiger partial charge in [-0.05, 0) is 89.3 Å². The van der Waals surface area contributed by atoms with Crippen molar-refractivity contribution in [2.45, 2.75) is 149 Å². The number of esters is 1. The second-order valence-corrected chi connectivity index (χ2v) is 17.8. The van der Waals surface area contributed by atoms with Crippen molar-refractivity contribution in [2.75, 3.05) is 0 Å². The molecular formula is C30H56O5Si. The number of ether oxygens (including phenoxy) is 1. The zero-order chi connectivity index (χ0) is 27.7. The summed E-state index contributed by atoms with van der Waals surface area (Å²) in [6, 6.07) is 0. The highest BCUT2D eigenvalue weighted by Crippen LogP contribution is 2.39. The lowest BCUT2D eigenvalue weighted by Crippen LogP contribution is -2.45. The number of cyclic esters (lactones) is 1. The average molecular weight is 525 g/mol. The van der Waals surface area contributed by atoms with E-state index in [9.17, 15) is 15.0 Å². The summed E-state index contributed by atoms with van der Waals surface area (Å²) in [5.74, 6) is 0.462. The lowest BCUT2D eigenvalue weighted by atomic mass is 9.90. The number of carbonyl (C=O) groups excluding carboxylic acids is 1. The van der Waals surface area contributed by atoms with E-state index in [1.807, 2.05) is 6.08 Å². The first-order valence-corrected chi connectivity index (χ1v) is 17.0. The summed E-state index contributed by atoms with van der Waals surface area (Å²) in [6.45, 7) is 21.8. The van der Waals surface area contributed by atoms with Gasteiger partial charge in [0.2, 0.25) is 0 Å².